The Morgan fingerprint density at radius 3 is 1.13 bits per heavy atom. The fourth-order valence-electron chi connectivity index (χ4n) is 9.94. The summed E-state index contributed by atoms with van der Waals surface area (Å²) in [7, 11) is 1.25. The molecule has 1 amide bonds. The molecule has 0 aliphatic heterocycles. The predicted molar refractivity (Wildman–Crippen MR) is 339 cm³/mol. The summed E-state index contributed by atoms with van der Waals surface area (Å²) >= 11 is 0. The average Bonchev–Trinajstić information content (AvgIpc) is 3.41. The van der Waals surface area contributed by atoms with Gasteiger partial charge in [-0.2, -0.15) is 0 Å². The molecule has 9 heteroatoms. The zero-order chi connectivity index (χ0) is 57.0. The van der Waals surface area contributed by atoms with Crippen LogP contribution in [0.5, 0.6) is 0 Å². The topological polar surface area (TPSA) is 108 Å². The number of nitrogens with one attached hydrogen (secondary N) is 1. The standard InChI is InChI=1S/C69H131N2O6P/c1-6-8-10-12-14-16-18-20-22-24-26-27-28-29-30-31-32-33-34-35-36-37-38-39-40-41-42-43-45-47-49-51-53-55-57-59-61-63-69(73)70-67(66-77-78(74,75)76-65-64-71(3,4)5)68(72)62-60-58-56-54-52-50-48-46-44-25-23-21-19-17-15-13-11-9-7-2/h18,20,24,26,28-29,52,54,60,62,67-68,72H,6-17,19,21-23,25,27,30-51,53,55-59,61,63-66H2,1-5H3,(H-,70,73,74,75)/b20-18-,26-24-,29-28-,54-52+,62-60+. The van der Waals surface area contributed by atoms with Gasteiger partial charge < -0.3 is 28.8 Å². The maximum absolute atomic E-state index is 13.0. The molecule has 0 aliphatic rings. The number of amides is 1. The quantitative estimate of drug-likeness (QED) is 0.0272. The third-order valence-electron chi connectivity index (χ3n) is 15.2. The number of phosphoric ester groups is 1. The first-order chi connectivity index (χ1) is 38.0. The summed E-state index contributed by atoms with van der Waals surface area (Å²) in [6.45, 7) is 4.65. The molecule has 0 saturated heterocycles. The monoisotopic (exact) mass is 1110 g/mol. The molecule has 8 nitrogen and oxygen atoms in total. The smallest absolute Gasteiger partial charge is 0.268 e. The van der Waals surface area contributed by atoms with Gasteiger partial charge in [0.1, 0.15) is 13.2 Å². The highest BCUT2D eigenvalue weighted by molar-refractivity contribution is 7.45. The second kappa shape index (κ2) is 59.8. The lowest BCUT2D eigenvalue weighted by Gasteiger charge is -2.29. The minimum atomic E-state index is -4.61. The second-order valence-corrected chi connectivity index (χ2v) is 25.6. The zero-order valence-electron chi connectivity index (χ0n) is 52.4. The number of carbonyl (C=O) groups excluding carboxylic acids is 1. The Bertz CT molecular complexity index is 1450. The van der Waals surface area contributed by atoms with Crippen molar-refractivity contribution in [2.75, 3.05) is 40.9 Å². The Morgan fingerprint density at radius 1 is 0.449 bits per heavy atom. The van der Waals surface area contributed by atoms with Crippen LogP contribution < -0.4 is 10.2 Å². The van der Waals surface area contributed by atoms with E-state index in [4.69, 9.17) is 9.05 Å². The van der Waals surface area contributed by atoms with Crippen molar-refractivity contribution in [1.82, 2.24) is 5.32 Å². The van der Waals surface area contributed by atoms with Gasteiger partial charge in [-0.25, -0.2) is 0 Å². The van der Waals surface area contributed by atoms with E-state index in [0.29, 0.717) is 17.4 Å². The summed E-state index contributed by atoms with van der Waals surface area (Å²) in [4.78, 5) is 25.6. The molecule has 3 unspecified atom stereocenters. The number of phosphoric acid groups is 1. The Balaban J connectivity index is 4.01. The summed E-state index contributed by atoms with van der Waals surface area (Å²) < 4.78 is 23.4. The maximum Gasteiger partial charge on any atom is 0.268 e. The van der Waals surface area contributed by atoms with Crippen LogP contribution in [0.15, 0.2) is 60.8 Å². The van der Waals surface area contributed by atoms with Crippen LogP contribution in [0.2, 0.25) is 0 Å². The number of likely N-dealkylation sites (N-methyl/N-ethyl adjacent to an activating group) is 1. The molecule has 78 heavy (non-hydrogen) atoms. The van der Waals surface area contributed by atoms with Gasteiger partial charge >= 0.3 is 0 Å². The van der Waals surface area contributed by atoms with Crippen molar-refractivity contribution in [3.8, 4) is 0 Å². The van der Waals surface area contributed by atoms with Gasteiger partial charge in [-0.1, -0.05) is 306 Å². The van der Waals surface area contributed by atoms with E-state index in [0.717, 1.165) is 51.4 Å². The number of hydrogen-bond acceptors (Lipinski definition) is 6. The zero-order valence-corrected chi connectivity index (χ0v) is 53.3. The summed E-state index contributed by atoms with van der Waals surface area (Å²) in [5, 5.41) is 13.9. The van der Waals surface area contributed by atoms with Gasteiger partial charge in [0.15, 0.2) is 0 Å². The Kier molecular flexibility index (Phi) is 58.4. The number of unbranched alkanes of at least 4 members (excludes halogenated alkanes) is 41. The summed E-state index contributed by atoms with van der Waals surface area (Å²) in [5.74, 6) is -0.202. The molecule has 0 aromatic carbocycles. The molecule has 458 valence electrons. The van der Waals surface area contributed by atoms with Crippen LogP contribution in [0.3, 0.4) is 0 Å². The predicted octanol–water partition coefficient (Wildman–Crippen LogP) is 20.6. The molecule has 0 aromatic heterocycles. The largest absolute Gasteiger partial charge is 0.756 e. The molecule has 3 atom stereocenters. The van der Waals surface area contributed by atoms with E-state index < -0.39 is 26.6 Å². The first-order valence-electron chi connectivity index (χ1n) is 33.7. The van der Waals surface area contributed by atoms with Gasteiger partial charge in [0.05, 0.1) is 39.9 Å². The average molecular weight is 1120 g/mol. The fourth-order valence-corrected chi connectivity index (χ4v) is 10.7. The summed E-state index contributed by atoms with van der Waals surface area (Å²) in [5.41, 5.74) is 0. The first kappa shape index (κ1) is 76.2. The Labute approximate surface area is 485 Å². The van der Waals surface area contributed by atoms with Crippen LogP contribution in [-0.4, -0.2) is 68.5 Å². The van der Waals surface area contributed by atoms with E-state index in [1.807, 2.05) is 27.2 Å². The molecule has 0 saturated carbocycles. The van der Waals surface area contributed by atoms with Crippen LogP contribution in [-0.2, 0) is 18.4 Å². The molecule has 0 aliphatic carbocycles. The minimum Gasteiger partial charge on any atom is -0.756 e. The molecule has 0 rings (SSSR count). The van der Waals surface area contributed by atoms with E-state index in [2.05, 4.69) is 67.8 Å². The van der Waals surface area contributed by atoms with Crippen molar-refractivity contribution in [3.05, 3.63) is 60.8 Å². The van der Waals surface area contributed by atoms with Crippen molar-refractivity contribution in [2.24, 2.45) is 0 Å². The van der Waals surface area contributed by atoms with Gasteiger partial charge in [-0.15, -0.1) is 0 Å². The van der Waals surface area contributed by atoms with E-state index in [1.165, 1.54) is 250 Å². The van der Waals surface area contributed by atoms with Gasteiger partial charge in [-0.05, 0) is 70.6 Å². The van der Waals surface area contributed by atoms with Gasteiger partial charge in [-0.3, -0.25) is 9.36 Å². The molecular formula is C69H131N2O6P. The summed E-state index contributed by atoms with van der Waals surface area (Å²) in [6, 6.07) is -0.904. The fraction of sp³-hybridized carbons (Fsp3) is 0.841. The number of aliphatic hydroxyl groups is 1. The minimum absolute atomic E-state index is 0.00585. The molecule has 2 N–H and O–H groups in total. The number of carbonyl (C=O) groups is 1. The molecule has 0 fully saturated rings. The van der Waals surface area contributed by atoms with Crippen LogP contribution >= 0.6 is 7.82 Å². The van der Waals surface area contributed by atoms with E-state index >= 15 is 0 Å². The third-order valence-corrected chi connectivity index (χ3v) is 16.2. The third kappa shape index (κ3) is 61.8. The van der Waals surface area contributed by atoms with Crippen molar-refractivity contribution < 1.29 is 32.9 Å². The number of allylic oxidation sites excluding steroid dienone is 9. The van der Waals surface area contributed by atoms with Gasteiger partial charge in [0.2, 0.25) is 5.91 Å². The molecule has 0 aromatic rings. The lowest BCUT2D eigenvalue weighted by Crippen LogP contribution is -2.45. The van der Waals surface area contributed by atoms with E-state index in [1.54, 1.807) is 6.08 Å². The molecule has 0 bridgehead atoms. The lowest BCUT2D eigenvalue weighted by atomic mass is 10.0. The van der Waals surface area contributed by atoms with E-state index in [-0.39, 0.29) is 12.5 Å². The maximum atomic E-state index is 13.0. The number of nitrogens with zero attached hydrogens (tertiary/aromatic N) is 1. The van der Waals surface area contributed by atoms with Crippen molar-refractivity contribution in [2.45, 2.75) is 334 Å². The molecular weight excluding hydrogens is 984 g/mol. The van der Waals surface area contributed by atoms with E-state index in [9.17, 15) is 19.4 Å². The van der Waals surface area contributed by atoms with Crippen LogP contribution in [0.25, 0.3) is 0 Å². The second-order valence-electron chi connectivity index (χ2n) is 24.2. The normalized spacial score (nSPS) is 14.1. The summed E-state index contributed by atoms with van der Waals surface area (Å²) in [6.07, 6.45) is 82.0. The number of hydrogen-bond donors (Lipinski definition) is 2. The highest BCUT2D eigenvalue weighted by Crippen LogP contribution is 2.38. The molecule has 0 radical (unpaired) electrons. The first-order valence-corrected chi connectivity index (χ1v) is 35.1. The lowest BCUT2D eigenvalue weighted by molar-refractivity contribution is -0.870. The number of rotatable bonds is 62. The van der Waals surface area contributed by atoms with Crippen LogP contribution in [0, 0.1) is 0 Å². The highest BCUT2D eigenvalue weighted by atomic mass is 31.2. The molecule has 0 spiro atoms. The van der Waals surface area contributed by atoms with Crippen molar-refractivity contribution in [1.29, 1.82) is 0 Å². The Morgan fingerprint density at radius 2 is 0.756 bits per heavy atom. The number of aliphatic hydroxyl groups excluding tert-OH is 1. The SMILES string of the molecule is CCCCCCC/C=C\C/C=C\C/C=C\CCCCCCCCCCCCCCCCCCCCCCCCC(=O)NC(COP(=O)([O-])OCC[N+](C)(C)C)C(O)/C=C/CC/C=C/CCCCCCCCCCCCCCC. The number of quaternary nitrogens is 1. The molecule has 0 heterocycles. The van der Waals surface area contributed by atoms with Crippen LogP contribution in [0.1, 0.15) is 322 Å². The van der Waals surface area contributed by atoms with Crippen molar-refractivity contribution in [3.63, 3.8) is 0 Å². The highest BCUT2D eigenvalue weighted by Gasteiger charge is 2.23. The van der Waals surface area contributed by atoms with Gasteiger partial charge in [0, 0.05) is 6.42 Å². The van der Waals surface area contributed by atoms with Gasteiger partial charge in [0.25, 0.3) is 7.82 Å². The Hall–Kier alpha value is -1.80. The van der Waals surface area contributed by atoms with Crippen molar-refractivity contribution >= 4 is 13.7 Å². The van der Waals surface area contributed by atoms with Crippen LogP contribution in [0.4, 0.5) is 0 Å².